The van der Waals surface area contributed by atoms with Crippen LogP contribution in [-0.4, -0.2) is 37.2 Å². The molecule has 130 valence electrons. The zero-order chi connectivity index (χ0) is 15.8. The van der Waals surface area contributed by atoms with Gasteiger partial charge >= 0.3 is 94.3 Å². The minimum atomic E-state index is -0.380. The molecule has 0 aliphatic carbocycles. The predicted octanol–water partition coefficient (Wildman–Crippen LogP) is -0.330. The summed E-state index contributed by atoms with van der Waals surface area (Å²) in [5.74, 6) is 0. The van der Waals surface area contributed by atoms with Gasteiger partial charge in [-0.2, -0.15) is 0 Å². The maximum absolute atomic E-state index is 5.40. The fraction of sp³-hybridized carbons (Fsp3) is 0.929. The van der Waals surface area contributed by atoms with E-state index in [-0.39, 0.29) is 6.29 Å². The number of hydrogen-bond donors (Lipinski definition) is 6. The third-order valence-electron chi connectivity index (χ3n) is 3.22. The van der Waals surface area contributed by atoms with Crippen molar-refractivity contribution in [2.75, 3.05) is 26.2 Å². The second kappa shape index (κ2) is 16.5. The Morgan fingerprint density at radius 2 is 1.24 bits per heavy atom. The number of unbranched alkanes of at least 4 members (excludes halogenated alkanes) is 6. The first-order valence-corrected chi connectivity index (χ1v) is 8.56. The average Bonchev–Trinajstić information content (AvgIpc) is 2.42. The minimum Gasteiger partial charge on any atom is -0.304 e. The summed E-state index contributed by atoms with van der Waals surface area (Å²) in [5, 5.41) is 9.49. The van der Waals surface area contributed by atoms with Crippen molar-refractivity contribution < 1.29 is 15.0 Å². The van der Waals surface area contributed by atoms with Crippen LogP contribution in [0, 0.1) is 0 Å². The van der Waals surface area contributed by atoms with Crippen molar-refractivity contribution >= 4 is 4.74 Å². The van der Waals surface area contributed by atoms with E-state index in [1.165, 1.54) is 38.5 Å². The van der Waals surface area contributed by atoms with Gasteiger partial charge in [0, 0.05) is 0 Å². The third kappa shape index (κ3) is 20.1. The molecule has 0 aliphatic heterocycles. The summed E-state index contributed by atoms with van der Waals surface area (Å²) in [5.41, 5.74) is 16.2. The Hall–Kier alpha value is 0.124. The van der Waals surface area contributed by atoms with Gasteiger partial charge < -0.3 is 11.5 Å². The number of nitrogens with two attached hydrogens (primary N) is 3. The summed E-state index contributed by atoms with van der Waals surface area (Å²) in [4.78, 5) is 0. The molecule has 0 saturated heterocycles. The summed E-state index contributed by atoms with van der Waals surface area (Å²) in [6, 6.07) is 0. The molecular formula is C14H34N6Ni. The molecule has 0 rings (SSSR count). The zero-order valence-corrected chi connectivity index (χ0v) is 14.1. The molecule has 0 spiro atoms. The van der Waals surface area contributed by atoms with E-state index < -0.39 is 0 Å². The van der Waals surface area contributed by atoms with Gasteiger partial charge in [-0.1, -0.05) is 6.42 Å². The molecule has 0 fully saturated rings. The SMILES string of the molecule is N[C](=[Ni])NCCCCCCNCCCCCCNC(N)N. The van der Waals surface area contributed by atoms with Gasteiger partial charge in [-0.25, -0.2) is 0 Å². The van der Waals surface area contributed by atoms with Crippen molar-refractivity contribution in [3.05, 3.63) is 0 Å². The quantitative estimate of drug-likeness (QED) is 0.130. The van der Waals surface area contributed by atoms with Crippen LogP contribution < -0.4 is 33.2 Å². The van der Waals surface area contributed by atoms with Gasteiger partial charge in [0.25, 0.3) is 0 Å². The molecule has 21 heavy (non-hydrogen) atoms. The summed E-state index contributed by atoms with van der Waals surface area (Å²) in [7, 11) is 0. The standard InChI is InChI=1S/C14H34N6.Ni/c15-13-19-11-7-2-1-5-9-18-10-6-3-4-8-12-20-14(16)17;/h14,18-20H,1-12,15-17H2;. The molecule has 9 N–H and O–H groups in total. The molecule has 0 aromatic rings. The number of hydrogen-bond acceptors (Lipinski definition) is 6. The first-order chi connectivity index (χ1) is 10.1. The van der Waals surface area contributed by atoms with Crippen LogP contribution in [0.4, 0.5) is 0 Å². The van der Waals surface area contributed by atoms with Crippen LogP contribution in [0.15, 0.2) is 0 Å². The molecule has 0 atom stereocenters. The van der Waals surface area contributed by atoms with Crippen LogP contribution in [-0.2, 0) is 15.0 Å². The second-order valence-electron chi connectivity index (χ2n) is 5.30. The second-order valence-corrected chi connectivity index (χ2v) is 5.83. The predicted molar refractivity (Wildman–Crippen MR) is 87.2 cm³/mol. The Balaban J connectivity index is 2.98. The number of rotatable bonds is 16. The first-order valence-electron chi connectivity index (χ1n) is 8.07. The van der Waals surface area contributed by atoms with E-state index in [0.717, 1.165) is 39.0 Å². The van der Waals surface area contributed by atoms with E-state index in [4.69, 9.17) is 17.2 Å². The van der Waals surface area contributed by atoms with Gasteiger partial charge in [0.15, 0.2) is 0 Å². The summed E-state index contributed by atoms with van der Waals surface area (Å²) >= 11 is 4.46. The van der Waals surface area contributed by atoms with Crippen molar-refractivity contribution in [3.63, 3.8) is 0 Å². The molecule has 7 heteroatoms. The molecule has 0 bridgehead atoms. The summed E-state index contributed by atoms with van der Waals surface area (Å²) in [6.45, 7) is 4.06. The first kappa shape index (κ1) is 21.1. The average molecular weight is 345 g/mol. The normalized spacial score (nSPS) is 11.3. The molecule has 0 amide bonds. The molecule has 0 radical (unpaired) electrons. The third-order valence-corrected chi connectivity index (χ3v) is 3.40. The zero-order valence-electron chi connectivity index (χ0n) is 13.1. The molecule has 0 unspecified atom stereocenters. The Morgan fingerprint density at radius 3 is 1.71 bits per heavy atom. The van der Waals surface area contributed by atoms with Crippen molar-refractivity contribution in [2.45, 2.75) is 57.7 Å². The molecule has 0 saturated carbocycles. The van der Waals surface area contributed by atoms with Gasteiger partial charge in [-0.15, -0.1) is 0 Å². The van der Waals surface area contributed by atoms with Crippen LogP contribution in [0.1, 0.15) is 51.4 Å². The van der Waals surface area contributed by atoms with Gasteiger partial charge in [0.2, 0.25) is 0 Å². The fourth-order valence-electron chi connectivity index (χ4n) is 2.05. The van der Waals surface area contributed by atoms with Gasteiger partial charge in [-0.3, -0.25) is 5.32 Å². The van der Waals surface area contributed by atoms with E-state index in [9.17, 15) is 0 Å². The van der Waals surface area contributed by atoms with E-state index >= 15 is 0 Å². The van der Waals surface area contributed by atoms with Crippen LogP contribution in [0.3, 0.4) is 0 Å². The Bertz CT molecular complexity index is 238. The van der Waals surface area contributed by atoms with Gasteiger partial charge in [0.1, 0.15) is 6.29 Å². The van der Waals surface area contributed by atoms with Crippen LogP contribution in [0.2, 0.25) is 0 Å². The van der Waals surface area contributed by atoms with E-state index in [1.807, 2.05) is 0 Å². The van der Waals surface area contributed by atoms with Crippen molar-refractivity contribution in [1.82, 2.24) is 16.0 Å². The molecule has 0 aliphatic rings. The van der Waals surface area contributed by atoms with Crippen LogP contribution >= 0.6 is 0 Å². The molecular weight excluding hydrogens is 311 g/mol. The summed E-state index contributed by atoms with van der Waals surface area (Å²) in [6.07, 6.45) is 9.39. The van der Waals surface area contributed by atoms with Crippen molar-refractivity contribution in [1.29, 1.82) is 0 Å². The van der Waals surface area contributed by atoms with Crippen molar-refractivity contribution in [2.24, 2.45) is 17.2 Å². The van der Waals surface area contributed by atoms with Crippen LogP contribution in [0.25, 0.3) is 0 Å². The topological polar surface area (TPSA) is 114 Å². The molecule has 0 heterocycles. The van der Waals surface area contributed by atoms with Gasteiger partial charge in [-0.05, 0) is 13.0 Å². The Morgan fingerprint density at radius 1 is 0.762 bits per heavy atom. The smallest absolute Gasteiger partial charge is 0.304 e. The Kier molecular flexibility index (Phi) is 16.6. The van der Waals surface area contributed by atoms with Crippen molar-refractivity contribution in [3.8, 4) is 0 Å². The van der Waals surface area contributed by atoms with E-state index in [2.05, 4.69) is 31.0 Å². The monoisotopic (exact) mass is 344 g/mol. The van der Waals surface area contributed by atoms with E-state index in [0.29, 0.717) is 4.74 Å². The fourth-order valence-corrected chi connectivity index (χ4v) is 2.17. The van der Waals surface area contributed by atoms with E-state index in [1.54, 1.807) is 0 Å². The maximum atomic E-state index is 5.40. The molecule has 0 aromatic carbocycles. The Labute approximate surface area is 137 Å². The van der Waals surface area contributed by atoms with Gasteiger partial charge in [0.05, 0.1) is 0 Å². The van der Waals surface area contributed by atoms with Crippen LogP contribution in [0.5, 0.6) is 0 Å². The minimum absolute atomic E-state index is 0.380. The number of nitrogens with one attached hydrogen (secondary N) is 3. The summed E-state index contributed by atoms with van der Waals surface area (Å²) < 4.78 is 0.443. The molecule has 6 nitrogen and oxygen atoms in total. The molecule has 0 aromatic heterocycles.